The van der Waals surface area contributed by atoms with Gasteiger partial charge in [-0.05, 0) is 33.3 Å². The summed E-state index contributed by atoms with van der Waals surface area (Å²) >= 11 is 1.73. The number of carbonyl (C=O) groups excluding carboxylic acids is 1. The molecule has 0 saturated carbocycles. The summed E-state index contributed by atoms with van der Waals surface area (Å²) in [5.74, 6) is -0.268. The molecule has 0 atom stereocenters. The zero-order valence-corrected chi connectivity index (χ0v) is 16.5. The number of esters is 1. The SMILES string of the molecule is CCOC(=O)c1c(C)[nH]c(-c2nc(N3CC[NH+](C)CC3)sc2C)c1C. The van der Waals surface area contributed by atoms with Gasteiger partial charge in [0.1, 0.15) is 5.69 Å². The molecule has 0 unspecified atom stereocenters. The lowest BCUT2D eigenvalue weighted by atomic mass is 10.1. The van der Waals surface area contributed by atoms with Crippen LogP contribution in [-0.2, 0) is 4.74 Å². The van der Waals surface area contributed by atoms with Crippen molar-refractivity contribution >= 4 is 22.4 Å². The van der Waals surface area contributed by atoms with Crippen LogP contribution in [0.3, 0.4) is 0 Å². The molecule has 3 heterocycles. The molecule has 1 aliphatic heterocycles. The average molecular weight is 364 g/mol. The van der Waals surface area contributed by atoms with Crippen molar-refractivity contribution in [3.63, 3.8) is 0 Å². The zero-order chi connectivity index (χ0) is 18.1. The van der Waals surface area contributed by atoms with E-state index < -0.39 is 0 Å². The third kappa shape index (κ3) is 3.43. The number of piperazine rings is 1. The maximum atomic E-state index is 12.2. The van der Waals surface area contributed by atoms with Gasteiger partial charge >= 0.3 is 5.97 Å². The largest absolute Gasteiger partial charge is 0.462 e. The number of nitrogens with one attached hydrogen (secondary N) is 2. The van der Waals surface area contributed by atoms with Crippen molar-refractivity contribution in [3.05, 3.63) is 21.7 Å². The normalized spacial score (nSPS) is 15.6. The fourth-order valence-corrected chi connectivity index (χ4v) is 4.29. The van der Waals surface area contributed by atoms with Crippen molar-refractivity contribution in [1.82, 2.24) is 9.97 Å². The van der Waals surface area contributed by atoms with E-state index in [1.165, 1.54) is 4.88 Å². The van der Waals surface area contributed by atoms with E-state index >= 15 is 0 Å². The molecule has 1 saturated heterocycles. The number of thiazole rings is 1. The molecule has 0 amide bonds. The van der Waals surface area contributed by atoms with Crippen molar-refractivity contribution in [3.8, 4) is 11.4 Å². The summed E-state index contributed by atoms with van der Waals surface area (Å²) in [6, 6.07) is 0. The van der Waals surface area contributed by atoms with Crippen LogP contribution in [0.4, 0.5) is 5.13 Å². The molecule has 0 aliphatic carbocycles. The Morgan fingerprint density at radius 2 is 2.00 bits per heavy atom. The van der Waals surface area contributed by atoms with Gasteiger partial charge in [0.05, 0.1) is 51.1 Å². The van der Waals surface area contributed by atoms with Crippen LogP contribution >= 0.6 is 11.3 Å². The monoisotopic (exact) mass is 363 g/mol. The van der Waals surface area contributed by atoms with Crippen LogP contribution in [0.1, 0.15) is 33.4 Å². The summed E-state index contributed by atoms with van der Waals surface area (Å²) in [7, 11) is 2.23. The second kappa shape index (κ2) is 7.17. The number of hydrogen-bond acceptors (Lipinski definition) is 5. The maximum Gasteiger partial charge on any atom is 0.340 e. The highest BCUT2D eigenvalue weighted by molar-refractivity contribution is 7.16. The van der Waals surface area contributed by atoms with Crippen LogP contribution in [0.2, 0.25) is 0 Å². The lowest BCUT2D eigenvalue weighted by molar-refractivity contribution is -0.880. The number of nitrogens with zero attached hydrogens (tertiary/aromatic N) is 2. The number of rotatable bonds is 4. The second-order valence-electron chi connectivity index (χ2n) is 6.69. The number of likely N-dealkylation sites (N-methyl/N-ethyl adjacent to an activating group) is 1. The first-order valence-corrected chi connectivity index (χ1v) is 9.64. The second-order valence-corrected chi connectivity index (χ2v) is 7.87. The molecule has 3 rings (SSSR count). The lowest BCUT2D eigenvalue weighted by Crippen LogP contribution is -3.12. The number of aromatic amines is 1. The topological polar surface area (TPSA) is 62.7 Å². The van der Waals surface area contributed by atoms with Crippen LogP contribution in [0.5, 0.6) is 0 Å². The molecule has 2 N–H and O–H groups in total. The molecule has 136 valence electrons. The third-order valence-electron chi connectivity index (χ3n) is 4.83. The molecule has 0 bridgehead atoms. The van der Waals surface area contributed by atoms with Crippen molar-refractivity contribution in [2.24, 2.45) is 0 Å². The van der Waals surface area contributed by atoms with Crippen LogP contribution in [-0.4, -0.2) is 55.8 Å². The van der Waals surface area contributed by atoms with Crippen LogP contribution in [0.15, 0.2) is 0 Å². The Labute approximate surface area is 152 Å². The van der Waals surface area contributed by atoms with Gasteiger partial charge in [-0.15, -0.1) is 11.3 Å². The van der Waals surface area contributed by atoms with Crippen LogP contribution in [0, 0.1) is 20.8 Å². The number of carbonyl (C=O) groups is 1. The van der Waals surface area contributed by atoms with Gasteiger partial charge in [0.25, 0.3) is 0 Å². The Balaban J connectivity index is 1.92. The molecule has 0 radical (unpaired) electrons. The van der Waals surface area contributed by atoms with Crippen LogP contribution in [0.25, 0.3) is 11.4 Å². The van der Waals surface area contributed by atoms with E-state index in [4.69, 9.17) is 9.72 Å². The molecular weight excluding hydrogens is 336 g/mol. The molecule has 2 aromatic rings. The summed E-state index contributed by atoms with van der Waals surface area (Å²) in [5.41, 5.74) is 4.26. The van der Waals surface area contributed by atoms with Crippen molar-refractivity contribution in [2.75, 3.05) is 44.7 Å². The average Bonchev–Trinajstić information content (AvgIpc) is 3.08. The van der Waals surface area contributed by atoms with E-state index in [2.05, 4.69) is 23.9 Å². The fraction of sp³-hybridized carbons (Fsp3) is 0.556. The molecule has 7 heteroatoms. The van der Waals surface area contributed by atoms with Gasteiger partial charge in [0, 0.05) is 10.6 Å². The van der Waals surface area contributed by atoms with Gasteiger partial charge in [-0.3, -0.25) is 0 Å². The molecule has 25 heavy (non-hydrogen) atoms. The molecule has 6 nitrogen and oxygen atoms in total. The van der Waals surface area contributed by atoms with E-state index in [0.717, 1.165) is 54.0 Å². The Kier molecular flexibility index (Phi) is 5.15. The smallest absolute Gasteiger partial charge is 0.340 e. The minimum Gasteiger partial charge on any atom is -0.462 e. The summed E-state index contributed by atoms with van der Waals surface area (Å²) in [5, 5.41) is 1.07. The quantitative estimate of drug-likeness (QED) is 0.810. The van der Waals surface area contributed by atoms with Crippen molar-refractivity contribution in [2.45, 2.75) is 27.7 Å². The Morgan fingerprint density at radius 3 is 2.64 bits per heavy atom. The number of anilines is 1. The Morgan fingerprint density at radius 1 is 1.32 bits per heavy atom. The third-order valence-corrected chi connectivity index (χ3v) is 5.86. The van der Waals surface area contributed by atoms with Crippen molar-refractivity contribution in [1.29, 1.82) is 0 Å². The number of H-pyrrole nitrogens is 1. The number of ether oxygens (including phenoxy) is 1. The zero-order valence-electron chi connectivity index (χ0n) is 15.7. The maximum absolute atomic E-state index is 12.2. The van der Waals surface area contributed by atoms with Crippen molar-refractivity contribution < 1.29 is 14.4 Å². The van der Waals surface area contributed by atoms with Gasteiger partial charge < -0.3 is 19.5 Å². The minimum atomic E-state index is -0.268. The van der Waals surface area contributed by atoms with Crippen LogP contribution < -0.4 is 9.80 Å². The molecule has 1 aliphatic rings. The summed E-state index contributed by atoms with van der Waals surface area (Å²) < 4.78 is 5.19. The Hall–Kier alpha value is -1.86. The summed E-state index contributed by atoms with van der Waals surface area (Å²) in [4.78, 5) is 25.6. The predicted octanol–water partition coefficient (Wildman–Crippen LogP) is 1.57. The highest BCUT2D eigenvalue weighted by atomic mass is 32.1. The van der Waals surface area contributed by atoms with E-state index in [1.54, 1.807) is 16.2 Å². The van der Waals surface area contributed by atoms with E-state index in [1.807, 2.05) is 20.8 Å². The summed E-state index contributed by atoms with van der Waals surface area (Å²) in [6.45, 7) is 12.5. The van der Waals surface area contributed by atoms with Gasteiger partial charge in [-0.25, -0.2) is 9.78 Å². The standard InChI is InChI=1S/C18H26N4O2S/c1-6-24-17(23)14-11(2)15(19-12(14)3)16-13(4)25-18(20-16)22-9-7-21(5)8-10-22/h19H,6-10H2,1-5H3/p+1. The first-order chi connectivity index (χ1) is 11.9. The van der Waals surface area contributed by atoms with Gasteiger partial charge in [0.2, 0.25) is 0 Å². The van der Waals surface area contributed by atoms with E-state index in [9.17, 15) is 4.79 Å². The van der Waals surface area contributed by atoms with E-state index in [-0.39, 0.29) is 5.97 Å². The highest BCUT2D eigenvalue weighted by Crippen LogP contribution is 2.35. The molecular formula is C18H27N4O2S+. The number of hydrogen-bond donors (Lipinski definition) is 2. The molecule has 0 spiro atoms. The first kappa shape index (κ1) is 17.9. The molecule has 0 aromatic carbocycles. The predicted molar refractivity (Wildman–Crippen MR) is 101 cm³/mol. The number of quaternary nitrogens is 1. The fourth-order valence-electron chi connectivity index (χ4n) is 3.33. The highest BCUT2D eigenvalue weighted by Gasteiger charge is 2.25. The minimum absolute atomic E-state index is 0.268. The van der Waals surface area contributed by atoms with Gasteiger partial charge in [0.15, 0.2) is 5.13 Å². The van der Waals surface area contributed by atoms with E-state index in [0.29, 0.717) is 12.2 Å². The lowest BCUT2D eigenvalue weighted by Gasteiger charge is -2.29. The number of aryl methyl sites for hydroxylation is 2. The van der Waals surface area contributed by atoms with Gasteiger partial charge in [-0.1, -0.05) is 0 Å². The molecule has 1 fully saturated rings. The number of aromatic nitrogens is 2. The molecule has 2 aromatic heterocycles. The summed E-state index contributed by atoms with van der Waals surface area (Å²) in [6.07, 6.45) is 0. The first-order valence-electron chi connectivity index (χ1n) is 8.82. The Bertz CT molecular complexity index is 772. The van der Waals surface area contributed by atoms with Gasteiger partial charge in [-0.2, -0.15) is 0 Å².